The zero-order valence-electron chi connectivity index (χ0n) is 18.3. The minimum Gasteiger partial charge on any atom is -0.493 e. The second kappa shape index (κ2) is 8.30. The van der Waals surface area contributed by atoms with Crippen LogP contribution in [0.25, 0.3) is 0 Å². The second-order valence-electron chi connectivity index (χ2n) is 8.50. The largest absolute Gasteiger partial charge is 0.493 e. The van der Waals surface area contributed by atoms with Crippen molar-refractivity contribution in [3.8, 4) is 11.5 Å². The van der Waals surface area contributed by atoms with E-state index in [0.29, 0.717) is 18.0 Å². The van der Waals surface area contributed by atoms with E-state index in [0.717, 1.165) is 29.5 Å². The first-order valence-electron chi connectivity index (χ1n) is 11.0. The fraction of sp³-hybridized carbons (Fsp3) is 0.296. The monoisotopic (exact) mass is 431 g/mol. The molecule has 3 atom stereocenters. The van der Waals surface area contributed by atoms with E-state index in [1.807, 2.05) is 35.2 Å². The molecule has 1 aliphatic carbocycles. The highest BCUT2D eigenvalue weighted by molar-refractivity contribution is 5.84. The van der Waals surface area contributed by atoms with Gasteiger partial charge in [-0.2, -0.15) is 0 Å². The van der Waals surface area contributed by atoms with Crippen LogP contribution in [0.5, 0.6) is 11.5 Å². The molecule has 3 aromatic carbocycles. The van der Waals surface area contributed by atoms with Crippen molar-refractivity contribution >= 4 is 5.91 Å². The highest BCUT2D eigenvalue weighted by Crippen LogP contribution is 2.50. The average molecular weight is 432 g/mol. The molecule has 0 bridgehead atoms. The van der Waals surface area contributed by atoms with Crippen LogP contribution in [0.1, 0.15) is 40.6 Å². The maximum atomic E-state index is 13.7. The fourth-order valence-electron chi connectivity index (χ4n) is 4.94. The normalized spacial score (nSPS) is 21.6. The quantitative estimate of drug-likeness (QED) is 0.563. The highest BCUT2D eigenvalue weighted by atomic mass is 19.1. The number of hydrogen-bond donors (Lipinski definition) is 0. The van der Waals surface area contributed by atoms with Crippen LogP contribution in [-0.2, 0) is 11.2 Å². The number of carbonyl (C=O) groups is 1. The Morgan fingerprint density at radius 3 is 2.31 bits per heavy atom. The number of amides is 1. The molecule has 3 unspecified atom stereocenters. The molecule has 1 fully saturated rings. The van der Waals surface area contributed by atoms with Gasteiger partial charge in [-0.15, -0.1) is 0 Å². The minimum absolute atomic E-state index is 0.0617. The van der Waals surface area contributed by atoms with Gasteiger partial charge >= 0.3 is 0 Å². The van der Waals surface area contributed by atoms with E-state index < -0.39 is 0 Å². The maximum Gasteiger partial charge on any atom is 0.227 e. The molecular weight excluding hydrogens is 405 g/mol. The second-order valence-corrected chi connectivity index (χ2v) is 8.50. The third-order valence-electron chi connectivity index (χ3n) is 6.68. The molecule has 2 aliphatic rings. The number of benzene rings is 3. The Kier molecular flexibility index (Phi) is 5.33. The van der Waals surface area contributed by atoms with Crippen molar-refractivity contribution in [2.45, 2.75) is 24.8 Å². The van der Waals surface area contributed by atoms with Crippen molar-refractivity contribution in [2.75, 3.05) is 20.8 Å². The molecule has 1 heterocycles. The summed E-state index contributed by atoms with van der Waals surface area (Å²) in [4.78, 5) is 15.7. The predicted octanol–water partition coefficient (Wildman–Crippen LogP) is 5.12. The molecule has 5 rings (SSSR count). The van der Waals surface area contributed by atoms with Gasteiger partial charge in [0.05, 0.1) is 20.3 Å². The first-order chi connectivity index (χ1) is 15.6. The lowest BCUT2D eigenvalue weighted by atomic mass is 9.87. The number of carbonyl (C=O) groups excluding carboxylic acids is 1. The summed E-state index contributed by atoms with van der Waals surface area (Å²) in [5.74, 6) is 1.38. The number of nitrogens with zero attached hydrogens (tertiary/aromatic N) is 1. The van der Waals surface area contributed by atoms with E-state index in [2.05, 4.69) is 12.1 Å². The lowest BCUT2D eigenvalue weighted by Gasteiger charge is -2.38. The van der Waals surface area contributed by atoms with Crippen molar-refractivity contribution in [1.82, 2.24) is 4.90 Å². The number of halogens is 1. The van der Waals surface area contributed by atoms with Crippen LogP contribution in [-0.4, -0.2) is 31.6 Å². The molecule has 1 amide bonds. The van der Waals surface area contributed by atoms with Gasteiger partial charge in [0.1, 0.15) is 5.82 Å². The third-order valence-corrected chi connectivity index (χ3v) is 6.68. The lowest BCUT2D eigenvalue weighted by molar-refractivity contribution is -0.134. The zero-order valence-corrected chi connectivity index (χ0v) is 18.3. The molecule has 1 aliphatic heterocycles. The van der Waals surface area contributed by atoms with Crippen LogP contribution in [0.3, 0.4) is 0 Å². The van der Waals surface area contributed by atoms with Gasteiger partial charge in [0, 0.05) is 12.5 Å². The summed E-state index contributed by atoms with van der Waals surface area (Å²) >= 11 is 0. The van der Waals surface area contributed by atoms with E-state index in [9.17, 15) is 9.18 Å². The molecule has 3 aromatic rings. The Bertz CT molecular complexity index is 1130. The van der Waals surface area contributed by atoms with Crippen LogP contribution < -0.4 is 9.47 Å². The van der Waals surface area contributed by atoms with Gasteiger partial charge in [0.15, 0.2) is 11.5 Å². The van der Waals surface area contributed by atoms with Crippen LogP contribution in [0, 0.1) is 11.7 Å². The maximum absolute atomic E-state index is 13.7. The number of methoxy groups -OCH3 is 2. The predicted molar refractivity (Wildman–Crippen MR) is 120 cm³/mol. The Labute approximate surface area is 187 Å². The lowest BCUT2D eigenvalue weighted by Crippen LogP contribution is -2.41. The average Bonchev–Trinajstić information content (AvgIpc) is 3.64. The molecule has 0 spiro atoms. The number of ether oxygens (including phenoxy) is 2. The molecule has 0 saturated heterocycles. The summed E-state index contributed by atoms with van der Waals surface area (Å²) in [6, 6.07) is 20.5. The fourth-order valence-corrected chi connectivity index (χ4v) is 4.94. The smallest absolute Gasteiger partial charge is 0.227 e. The Morgan fingerprint density at radius 1 is 0.938 bits per heavy atom. The Morgan fingerprint density at radius 2 is 1.62 bits per heavy atom. The summed E-state index contributed by atoms with van der Waals surface area (Å²) in [6.07, 6.45) is 1.57. The van der Waals surface area contributed by atoms with E-state index >= 15 is 0 Å². The number of fused-ring (bicyclic) bond motifs is 1. The van der Waals surface area contributed by atoms with Crippen molar-refractivity contribution in [3.63, 3.8) is 0 Å². The van der Waals surface area contributed by atoms with Gasteiger partial charge < -0.3 is 14.4 Å². The van der Waals surface area contributed by atoms with Gasteiger partial charge in [0.2, 0.25) is 5.91 Å². The molecule has 0 radical (unpaired) electrons. The summed E-state index contributed by atoms with van der Waals surface area (Å²) in [7, 11) is 3.27. The van der Waals surface area contributed by atoms with E-state index in [1.165, 1.54) is 17.7 Å². The molecule has 0 aromatic heterocycles. The molecular formula is C27H26FNO3. The Balaban J connectivity index is 1.50. The zero-order chi connectivity index (χ0) is 22.2. The molecule has 164 valence electrons. The first kappa shape index (κ1) is 20.6. The molecule has 5 heteroatoms. The summed E-state index contributed by atoms with van der Waals surface area (Å²) in [5, 5.41) is 0. The van der Waals surface area contributed by atoms with Crippen LogP contribution in [0.2, 0.25) is 0 Å². The topological polar surface area (TPSA) is 38.8 Å². The number of hydrogen-bond acceptors (Lipinski definition) is 3. The van der Waals surface area contributed by atoms with E-state index in [-0.39, 0.29) is 29.6 Å². The Hall–Kier alpha value is -3.34. The van der Waals surface area contributed by atoms with Crippen molar-refractivity contribution in [2.24, 2.45) is 5.92 Å². The highest BCUT2D eigenvalue weighted by Gasteiger charge is 2.48. The van der Waals surface area contributed by atoms with Gasteiger partial charge in [0.25, 0.3) is 0 Å². The molecule has 1 saturated carbocycles. The minimum atomic E-state index is -0.251. The van der Waals surface area contributed by atoms with Crippen LogP contribution in [0.4, 0.5) is 4.39 Å². The van der Waals surface area contributed by atoms with Gasteiger partial charge in [-0.1, -0.05) is 42.5 Å². The summed E-state index contributed by atoms with van der Waals surface area (Å²) in [5.41, 5.74) is 4.36. The van der Waals surface area contributed by atoms with Crippen molar-refractivity contribution < 1.29 is 18.7 Å². The third kappa shape index (κ3) is 3.62. The standard InChI is InChI=1S/C27H26FNO3/c1-31-24-14-19-12-13-29(27(30)23-15-21(23)17-8-10-20(28)11-9-17)26(18-6-4-3-5-7-18)22(19)16-25(24)32-2/h3-11,14,16,21,23,26H,12-13,15H2,1-2H3. The van der Waals surface area contributed by atoms with Crippen LogP contribution in [0.15, 0.2) is 66.7 Å². The van der Waals surface area contributed by atoms with E-state index in [4.69, 9.17) is 9.47 Å². The van der Waals surface area contributed by atoms with Crippen molar-refractivity contribution in [1.29, 1.82) is 0 Å². The van der Waals surface area contributed by atoms with Gasteiger partial charge in [-0.3, -0.25) is 4.79 Å². The van der Waals surface area contributed by atoms with E-state index in [1.54, 1.807) is 26.4 Å². The first-order valence-corrected chi connectivity index (χ1v) is 11.0. The SMILES string of the molecule is COc1cc2c(cc1OC)C(c1ccccc1)N(C(=O)C1CC1c1ccc(F)cc1)CC2. The molecule has 4 nitrogen and oxygen atoms in total. The van der Waals surface area contributed by atoms with Crippen molar-refractivity contribution in [3.05, 3.63) is 94.8 Å². The molecule has 0 N–H and O–H groups in total. The number of rotatable bonds is 5. The summed E-state index contributed by atoms with van der Waals surface area (Å²) in [6.45, 7) is 0.646. The summed E-state index contributed by atoms with van der Waals surface area (Å²) < 4.78 is 24.4. The molecule has 32 heavy (non-hydrogen) atoms. The van der Waals surface area contributed by atoms with Crippen LogP contribution >= 0.6 is 0 Å². The van der Waals surface area contributed by atoms with Gasteiger partial charge in [-0.25, -0.2) is 4.39 Å². The van der Waals surface area contributed by atoms with Gasteiger partial charge in [-0.05, 0) is 65.3 Å².